The van der Waals surface area contributed by atoms with Crippen molar-refractivity contribution in [1.82, 2.24) is 5.16 Å². The third kappa shape index (κ3) is 2.98. The number of ketones is 1. The molecule has 1 saturated carbocycles. The van der Waals surface area contributed by atoms with Crippen LogP contribution in [-0.2, 0) is 14.3 Å². The highest BCUT2D eigenvalue weighted by Gasteiger charge is 2.54. The number of alkyl halides is 1. The maximum atomic E-state index is 14.2. The zero-order valence-corrected chi connectivity index (χ0v) is 18.0. The highest BCUT2D eigenvalue weighted by atomic mass is 19.1. The van der Waals surface area contributed by atoms with Gasteiger partial charge in [-0.05, 0) is 32.3 Å². The van der Waals surface area contributed by atoms with E-state index in [4.69, 9.17) is 18.7 Å². The molecular weight excluding hydrogens is 419 g/mol. The molecule has 0 spiro atoms. The van der Waals surface area contributed by atoms with Crippen LogP contribution < -0.4 is 14.4 Å². The summed E-state index contributed by atoms with van der Waals surface area (Å²) in [7, 11) is 3.00. The molecule has 2 aliphatic heterocycles. The van der Waals surface area contributed by atoms with Gasteiger partial charge in [0.15, 0.2) is 28.9 Å². The topological polar surface area (TPSA) is 91.1 Å². The van der Waals surface area contributed by atoms with Gasteiger partial charge in [-0.15, -0.1) is 0 Å². The highest BCUT2D eigenvalue weighted by Crippen LogP contribution is 2.51. The largest absolute Gasteiger partial charge is 0.493 e. The van der Waals surface area contributed by atoms with E-state index < -0.39 is 30.1 Å². The first-order valence-electron chi connectivity index (χ1n) is 10.5. The number of nitrogens with zero attached hydrogens (tertiary/aromatic N) is 2. The lowest BCUT2D eigenvalue weighted by atomic mass is 9.77. The molecule has 0 bridgehead atoms. The van der Waals surface area contributed by atoms with Gasteiger partial charge in [0, 0.05) is 11.6 Å². The predicted octanol–water partition coefficient (Wildman–Crippen LogP) is 3.45. The molecule has 1 amide bonds. The average molecular weight is 442 g/mol. The van der Waals surface area contributed by atoms with Gasteiger partial charge in [0.2, 0.25) is 0 Å². The second-order valence-electron chi connectivity index (χ2n) is 8.24. The van der Waals surface area contributed by atoms with E-state index in [0.29, 0.717) is 35.7 Å². The molecule has 9 heteroatoms. The van der Waals surface area contributed by atoms with Gasteiger partial charge in [0.25, 0.3) is 5.91 Å². The Morgan fingerprint density at radius 1 is 1.19 bits per heavy atom. The minimum Gasteiger partial charge on any atom is -0.493 e. The average Bonchev–Trinajstić information content (AvgIpc) is 3.34. The molecule has 5 rings (SSSR count). The second-order valence-corrected chi connectivity index (χ2v) is 8.24. The Hall–Kier alpha value is -3.36. The number of aromatic nitrogens is 1. The molecule has 1 aromatic heterocycles. The van der Waals surface area contributed by atoms with E-state index in [9.17, 15) is 14.0 Å². The number of Topliss-reactive ketones (excluding diaryl/α,β-unsaturated/α-hetero) is 1. The van der Waals surface area contributed by atoms with Crippen molar-refractivity contribution < 1.29 is 32.7 Å². The number of hydrogen-bond acceptors (Lipinski definition) is 7. The summed E-state index contributed by atoms with van der Waals surface area (Å²) in [5.74, 6) is 0.184. The molecule has 1 fully saturated rings. The number of anilines is 1. The highest BCUT2D eigenvalue weighted by molar-refractivity contribution is 6.17. The van der Waals surface area contributed by atoms with E-state index in [-0.39, 0.29) is 29.4 Å². The number of halogens is 1. The lowest BCUT2D eigenvalue weighted by Gasteiger charge is -2.36. The van der Waals surface area contributed by atoms with E-state index in [1.807, 2.05) is 0 Å². The van der Waals surface area contributed by atoms with Crippen LogP contribution in [-0.4, -0.2) is 43.3 Å². The van der Waals surface area contributed by atoms with Crippen LogP contribution in [0, 0.1) is 12.8 Å². The number of para-hydroxylation sites is 1. The summed E-state index contributed by atoms with van der Waals surface area (Å²) >= 11 is 0. The van der Waals surface area contributed by atoms with Crippen molar-refractivity contribution in [3.05, 3.63) is 46.9 Å². The minimum atomic E-state index is -1.07. The molecule has 32 heavy (non-hydrogen) atoms. The molecule has 0 saturated heterocycles. The van der Waals surface area contributed by atoms with Gasteiger partial charge >= 0.3 is 0 Å². The Labute approximate surface area is 183 Å². The number of ether oxygens (including phenoxy) is 3. The second kappa shape index (κ2) is 7.65. The van der Waals surface area contributed by atoms with Crippen molar-refractivity contribution in [2.45, 2.75) is 44.5 Å². The first-order valence-corrected chi connectivity index (χ1v) is 10.5. The summed E-state index contributed by atoms with van der Waals surface area (Å²) in [5, 5.41) is 4.01. The number of carbonyl (C=O) groups is 2. The standard InChI is InChI=1S/C23H23FN2O6/c1-11-9-17(25-32-11)26-19(13-5-4-6-16(29-2)21(13)30-3)18-20(27)14-10-12(24)7-8-15(14)31-22(18)23(26)28/h4-6,9,12,14-15,19H,7-8,10H2,1-3H3. The lowest BCUT2D eigenvalue weighted by Crippen LogP contribution is -2.42. The Bertz CT molecular complexity index is 1130. The van der Waals surface area contributed by atoms with Crippen molar-refractivity contribution in [2.24, 2.45) is 5.92 Å². The van der Waals surface area contributed by atoms with E-state index in [1.165, 1.54) is 19.1 Å². The van der Waals surface area contributed by atoms with Crippen molar-refractivity contribution in [3.63, 3.8) is 0 Å². The van der Waals surface area contributed by atoms with Crippen LogP contribution in [0.1, 0.15) is 36.6 Å². The quantitative estimate of drug-likeness (QED) is 0.716. The van der Waals surface area contributed by atoms with Crippen LogP contribution >= 0.6 is 0 Å². The number of rotatable bonds is 4. The zero-order valence-electron chi connectivity index (χ0n) is 18.0. The van der Waals surface area contributed by atoms with E-state index in [2.05, 4.69) is 5.16 Å². The number of benzene rings is 1. The van der Waals surface area contributed by atoms with Crippen LogP contribution in [0.3, 0.4) is 0 Å². The van der Waals surface area contributed by atoms with Gasteiger partial charge < -0.3 is 18.7 Å². The van der Waals surface area contributed by atoms with Gasteiger partial charge in [-0.3, -0.25) is 14.5 Å². The zero-order chi connectivity index (χ0) is 22.6. The molecule has 0 N–H and O–H groups in total. The maximum Gasteiger partial charge on any atom is 0.295 e. The molecular formula is C23H23FN2O6. The molecule has 1 aliphatic carbocycles. The molecule has 3 aliphatic rings. The Morgan fingerprint density at radius 3 is 2.69 bits per heavy atom. The predicted molar refractivity (Wildman–Crippen MR) is 110 cm³/mol. The number of carbonyl (C=O) groups excluding carboxylic acids is 2. The molecule has 8 nitrogen and oxygen atoms in total. The van der Waals surface area contributed by atoms with E-state index in [1.54, 1.807) is 31.2 Å². The Balaban J connectivity index is 1.70. The van der Waals surface area contributed by atoms with Gasteiger partial charge in [0.05, 0.1) is 25.7 Å². The summed E-state index contributed by atoms with van der Waals surface area (Å²) in [6, 6.07) is 5.98. The molecule has 4 unspecified atom stereocenters. The van der Waals surface area contributed by atoms with E-state index >= 15 is 0 Å². The fraction of sp³-hybridized carbons (Fsp3) is 0.435. The number of aryl methyl sites for hydroxylation is 1. The number of fused-ring (bicyclic) bond motifs is 1. The fourth-order valence-corrected chi connectivity index (χ4v) is 4.94. The Morgan fingerprint density at radius 2 is 2.00 bits per heavy atom. The van der Waals surface area contributed by atoms with E-state index in [0.717, 1.165) is 0 Å². The summed E-state index contributed by atoms with van der Waals surface area (Å²) in [5.41, 5.74) is 0.728. The molecule has 2 aromatic rings. The van der Waals surface area contributed by atoms with Crippen LogP contribution in [0.5, 0.6) is 11.5 Å². The van der Waals surface area contributed by atoms with Crippen molar-refractivity contribution in [3.8, 4) is 11.5 Å². The summed E-state index contributed by atoms with van der Waals surface area (Å²) < 4.78 is 36.5. The molecule has 4 atom stereocenters. The summed E-state index contributed by atoms with van der Waals surface area (Å²) in [6.45, 7) is 1.71. The lowest BCUT2D eigenvalue weighted by molar-refractivity contribution is -0.133. The van der Waals surface area contributed by atoms with Crippen LogP contribution in [0.4, 0.5) is 10.2 Å². The van der Waals surface area contributed by atoms with Crippen molar-refractivity contribution in [1.29, 1.82) is 0 Å². The molecule has 1 aromatic carbocycles. The monoisotopic (exact) mass is 442 g/mol. The van der Waals surface area contributed by atoms with Crippen LogP contribution in [0.15, 0.2) is 40.1 Å². The van der Waals surface area contributed by atoms with Gasteiger partial charge in [-0.2, -0.15) is 0 Å². The first kappa shape index (κ1) is 20.5. The smallest absolute Gasteiger partial charge is 0.295 e. The minimum absolute atomic E-state index is 0.0101. The van der Waals surface area contributed by atoms with Gasteiger partial charge in [-0.25, -0.2) is 4.39 Å². The normalized spacial score (nSPS) is 27.2. The molecule has 0 radical (unpaired) electrons. The first-order chi connectivity index (χ1) is 15.4. The maximum absolute atomic E-state index is 14.2. The van der Waals surface area contributed by atoms with Crippen LogP contribution in [0.25, 0.3) is 0 Å². The van der Waals surface area contributed by atoms with Crippen LogP contribution in [0.2, 0.25) is 0 Å². The molecule has 3 heterocycles. The Kier molecular flexibility index (Phi) is 4.91. The number of methoxy groups -OCH3 is 2. The summed E-state index contributed by atoms with van der Waals surface area (Å²) in [4.78, 5) is 28.6. The van der Waals surface area contributed by atoms with Gasteiger partial charge in [0.1, 0.15) is 24.1 Å². The number of amides is 1. The number of hydrogen-bond donors (Lipinski definition) is 0. The third-order valence-electron chi connectivity index (χ3n) is 6.37. The fourth-order valence-electron chi connectivity index (χ4n) is 4.94. The SMILES string of the molecule is COc1cccc(C2C3=C(OC4CCC(F)CC4C3=O)C(=O)N2c2cc(C)on2)c1OC. The van der Waals surface area contributed by atoms with Gasteiger partial charge in [-0.1, -0.05) is 17.3 Å². The third-order valence-corrected chi connectivity index (χ3v) is 6.37. The molecule has 168 valence electrons. The summed E-state index contributed by atoms with van der Waals surface area (Å²) in [6.07, 6.45) is -0.798. The van der Waals surface area contributed by atoms with Crippen molar-refractivity contribution >= 4 is 17.5 Å². The van der Waals surface area contributed by atoms with Crippen molar-refractivity contribution in [2.75, 3.05) is 19.1 Å².